The lowest BCUT2D eigenvalue weighted by molar-refractivity contribution is -0.137. The van der Waals surface area contributed by atoms with Gasteiger partial charge in [0, 0.05) is 45.0 Å². The van der Waals surface area contributed by atoms with Gasteiger partial charge in [-0.25, -0.2) is 23.4 Å². The predicted octanol–water partition coefficient (Wildman–Crippen LogP) is 3.65. The molecule has 4 fully saturated rings. The lowest BCUT2D eigenvalue weighted by atomic mass is 9.91. The van der Waals surface area contributed by atoms with Crippen LogP contribution in [0.5, 0.6) is 0 Å². The molecule has 0 spiro atoms. The molecule has 216 valence electrons. The molecule has 2 N–H and O–H groups in total. The fourth-order valence-corrected chi connectivity index (χ4v) is 8.67. The second-order valence-electron chi connectivity index (χ2n) is 11.0. The number of aromatic nitrogens is 3. The average Bonchev–Trinajstić information content (AvgIpc) is 3.68. The summed E-state index contributed by atoms with van der Waals surface area (Å²) < 4.78 is 67.8. The van der Waals surface area contributed by atoms with Crippen LogP contribution in [0.1, 0.15) is 46.0 Å². The molecule has 0 aromatic carbocycles. The van der Waals surface area contributed by atoms with Crippen molar-refractivity contribution in [3.05, 3.63) is 40.5 Å². The molecule has 2 bridgehead atoms. The van der Waals surface area contributed by atoms with Crippen LogP contribution in [0.4, 0.5) is 30.6 Å². The highest BCUT2D eigenvalue weighted by Gasteiger charge is 2.39. The number of fused-ring (bicyclic) bond motifs is 3. The van der Waals surface area contributed by atoms with E-state index in [9.17, 15) is 26.4 Å². The predicted molar refractivity (Wildman–Crippen MR) is 146 cm³/mol. The molecule has 7 heterocycles. The average molecular weight is 606 g/mol. The van der Waals surface area contributed by atoms with Crippen molar-refractivity contribution >= 4 is 44.5 Å². The highest BCUT2D eigenvalue weighted by atomic mass is 32.2. The molecule has 15 heteroatoms. The molecule has 8 rings (SSSR count). The molecule has 3 aromatic rings. The number of carbonyl (C=O) groups excluding carboxylic acids is 1. The Hall–Kier alpha value is -3.30. The normalized spacial score (nSPS) is 23.6. The Morgan fingerprint density at radius 2 is 1.85 bits per heavy atom. The molecule has 2 unspecified atom stereocenters. The highest BCUT2D eigenvalue weighted by molar-refractivity contribution is 7.91. The summed E-state index contributed by atoms with van der Waals surface area (Å²) in [6.07, 6.45) is 0.726. The Kier molecular flexibility index (Phi) is 6.07. The number of halogens is 3. The van der Waals surface area contributed by atoms with E-state index < -0.39 is 33.2 Å². The quantitative estimate of drug-likeness (QED) is 0.449. The first-order chi connectivity index (χ1) is 19.5. The lowest BCUT2D eigenvalue weighted by Crippen LogP contribution is -2.67. The Bertz CT molecular complexity index is 1660. The van der Waals surface area contributed by atoms with Crippen molar-refractivity contribution in [2.75, 3.05) is 42.7 Å². The minimum atomic E-state index is -4.80. The number of piperidine rings is 1. The number of nitrogens with one attached hydrogen (secondary N) is 2. The fraction of sp³-hybridized carbons (Fsp3) is 0.462. The number of carbonyl (C=O) groups is 1. The number of pyridine rings is 1. The van der Waals surface area contributed by atoms with Crippen LogP contribution in [0.15, 0.2) is 29.4 Å². The molecule has 5 aliphatic rings. The molecule has 10 nitrogen and oxygen atoms in total. The van der Waals surface area contributed by atoms with E-state index in [0.717, 1.165) is 43.4 Å². The van der Waals surface area contributed by atoms with Gasteiger partial charge in [-0.1, -0.05) is 0 Å². The first-order valence-corrected chi connectivity index (χ1v) is 15.8. The summed E-state index contributed by atoms with van der Waals surface area (Å²) >= 11 is 0.689. The van der Waals surface area contributed by atoms with Gasteiger partial charge >= 0.3 is 6.18 Å². The summed E-state index contributed by atoms with van der Waals surface area (Å²) in [5.41, 5.74) is 0.0144. The SMILES string of the molecule is CN1CCS(=O)(=O)c2cc(-c3nc(Nc4cnc(N5CC6CC(C5)N6)cc4C4CC4)ncc3C(F)(F)F)sc2C1=O. The number of amides is 1. The number of hydrogen-bond acceptors (Lipinski definition) is 10. The molecular formula is C26H26F3N7O3S2. The Balaban J connectivity index is 1.26. The van der Waals surface area contributed by atoms with Gasteiger partial charge in [0.05, 0.1) is 33.1 Å². The van der Waals surface area contributed by atoms with E-state index in [1.54, 1.807) is 6.20 Å². The summed E-state index contributed by atoms with van der Waals surface area (Å²) in [5, 5.41) is 6.57. The van der Waals surface area contributed by atoms with Crippen molar-refractivity contribution < 1.29 is 26.4 Å². The van der Waals surface area contributed by atoms with Gasteiger partial charge in [0.2, 0.25) is 5.95 Å². The van der Waals surface area contributed by atoms with Crippen molar-refractivity contribution in [3.63, 3.8) is 0 Å². The number of anilines is 3. The zero-order chi connectivity index (χ0) is 28.7. The molecule has 1 amide bonds. The van der Waals surface area contributed by atoms with Crippen LogP contribution in [0.25, 0.3) is 10.6 Å². The van der Waals surface area contributed by atoms with E-state index in [1.807, 2.05) is 6.07 Å². The molecule has 41 heavy (non-hydrogen) atoms. The second-order valence-corrected chi connectivity index (χ2v) is 14.2. The van der Waals surface area contributed by atoms with Crippen LogP contribution in [-0.2, 0) is 16.0 Å². The minimum Gasteiger partial charge on any atom is -0.353 e. The summed E-state index contributed by atoms with van der Waals surface area (Å²) in [7, 11) is -2.41. The summed E-state index contributed by atoms with van der Waals surface area (Å²) in [6.45, 7) is 1.76. The second kappa shape index (κ2) is 9.36. The Morgan fingerprint density at radius 1 is 1.12 bits per heavy atom. The molecule has 4 aliphatic heterocycles. The van der Waals surface area contributed by atoms with Gasteiger partial charge in [-0.15, -0.1) is 11.3 Å². The van der Waals surface area contributed by atoms with Crippen LogP contribution in [0.3, 0.4) is 0 Å². The Morgan fingerprint density at radius 3 is 2.54 bits per heavy atom. The van der Waals surface area contributed by atoms with E-state index in [1.165, 1.54) is 18.4 Å². The molecule has 1 aliphatic carbocycles. The number of alkyl halides is 3. The van der Waals surface area contributed by atoms with Crippen LogP contribution in [0, 0.1) is 0 Å². The van der Waals surface area contributed by atoms with Crippen molar-refractivity contribution in [3.8, 4) is 10.6 Å². The van der Waals surface area contributed by atoms with E-state index in [-0.39, 0.29) is 32.9 Å². The monoisotopic (exact) mass is 605 g/mol. The number of piperazine rings is 1. The standard InChI is InChI=1S/C26H26F3N7O3S2/c1-35-4-5-41(38,39)20-8-19(40-23(20)24(35)37)22-17(26(27,28)29)9-31-25(34-22)33-18-10-30-21(7-16(18)13-2-3-13)36-11-14-6-15(12-36)32-14/h7-10,13-15,32H,2-6,11-12H2,1H3,(H,31,33,34). The van der Waals surface area contributed by atoms with Gasteiger partial charge in [-0.2, -0.15) is 13.2 Å². The molecule has 3 saturated heterocycles. The fourth-order valence-electron chi connectivity index (χ4n) is 5.64. The van der Waals surface area contributed by atoms with E-state index in [2.05, 4.69) is 30.5 Å². The number of thiophene rings is 1. The van der Waals surface area contributed by atoms with Crippen LogP contribution >= 0.6 is 11.3 Å². The van der Waals surface area contributed by atoms with Crippen molar-refractivity contribution in [2.45, 2.75) is 48.3 Å². The third-order valence-corrected chi connectivity index (χ3v) is 11.0. The van der Waals surface area contributed by atoms with Crippen LogP contribution < -0.4 is 15.5 Å². The molecule has 3 aromatic heterocycles. The van der Waals surface area contributed by atoms with Crippen LogP contribution in [0.2, 0.25) is 0 Å². The van der Waals surface area contributed by atoms with Crippen molar-refractivity contribution in [1.29, 1.82) is 0 Å². The van der Waals surface area contributed by atoms with E-state index in [0.29, 0.717) is 41.2 Å². The molecular weight excluding hydrogens is 579 g/mol. The third kappa shape index (κ3) is 4.83. The van der Waals surface area contributed by atoms with Gasteiger partial charge in [0.1, 0.15) is 16.3 Å². The van der Waals surface area contributed by atoms with Gasteiger partial charge < -0.3 is 20.4 Å². The van der Waals surface area contributed by atoms with Gasteiger partial charge in [0.15, 0.2) is 9.84 Å². The maximum absolute atomic E-state index is 14.1. The lowest BCUT2D eigenvalue weighted by Gasteiger charge is -2.48. The van der Waals surface area contributed by atoms with Crippen molar-refractivity contribution in [1.82, 2.24) is 25.2 Å². The third-order valence-electron chi connectivity index (χ3n) is 8.03. The summed E-state index contributed by atoms with van der Waals surface area (Å²) in [5.74, 6) is 0.233. The van der Waals surface area contributed by atoms with Crippen molar-refractivity contribution in [2.24, 2.45) is 0 Å². The van der Waals surface area contributed by atoms with Gasteiger partial charge in [-0.3, -0.25) is 4.79 Å². The van der Waals surface area contributed by atoms with E-state index >= 15 is 0 Å². The summed E-state index contributed by atoms with van der Waals surface area (Å²) in [6, 6.07) is 4.10. The smallest absolute Gasteiger partial charge is 0.353 e. The van der Waals surface area contributed by atoms with Gasteiger partial charge in [0.25, 0.3) is 5.91 Å². The van der Waals surface area contributed by atoms with Gasteiger partial charge in [-0.05, 0) is 42.9 Å². The maximum Gasteiger partial charge on any atom is 0.420 e. The molecule has 0 radical (unpaired) electrons. The zero-order valence-electron chi connectivity index (χ0n) is 21.9. The number of nitrogens with zero attached hydrogens (tertiary/aromatic N) is 5. The molecule has 2 atom stereocenters. The van der Waals surface area contributed by atoms with E-state index in [4.69, 9.17) is 0 Å². The van der Waals surface area contributed by atoms with Crippen LogP contribution in [-0.4, -0.2) is 78.7 Å². The first-order valence-electron chi connectivity index (χ1n) is 13.3. The largest absolute Gasteiger partial charge is 0.420 e. The number of sulfone groups is 1. The molecule has 1 saturated carbocycles. The highest BCUT2D eigenvalue weighted by Crippen LogP contribution is 2.46. The first kappa shape index (κ1) is 26.6. The maximum atomic E-state index is 14.1. The zero-order valence-corrected chi connectivity index (χ0v) is 23.5. The Labute approximate surface area is 237 Å². The number of hydrogen-bond donors (Lipinski definition) is 2. The topological polar surface area (TPSA) is 120 Å². The summed E-state index contributed by atoms with van der Waals surface area (Å²) in [4.78, 5) is 28.7. The number of rotatable bonds is 5. The minimum absolute atomic E-state index is 0.000753.